The highest BCUT2D eigenvalue weighted by molar-refractivity contribution is 5.45. The number of aliphatic hydroxyl groups is 1. The molecule has 0 saturated carbocycles. The lowest BCUT2D eigenvalue weighted by Gasteiger charge is -2.17. The van der Waals surface area contributed by atoms with Crippen LogP contribution in [0.3, 0.4) is 0 Å². The number of rotatable bonds is 4. The van der Waals surface area contributed by atoms with Gasteiger partial charge in [-0.3, -0.25) is 4.98 Å². The Morgan fingerprint density at radius 3 is 2.30 bits per heavy atom. The molecule has 0 fully saturated rings. The van der Waals surface area contributed by atoms with Gasteiger partial charge in [0.25, 0.3) is 0 Å². The van der Waals surface area contributed by atoms with Gasteiger partial charge in [-0.15, -0.1) is 0 Å². The van der Waals surface area contributed by atoms with Gasteiger partial charge in [0.05, 0.1) is 14.2 Å². The summed E-state index contributed by atoms with van der Waals surface area (Å²) in [5.74, 6) is 1.29. The Bertz CT molecular complexity index is 611. The summed E-state index contributed by atoms with van der Waals surface area (Å²) in [6.45, 7) is 3.82. The second-order valence-electron chi connectivity index (χ2n) is 4.64. The number of aromatic nitrogens is 1. The first-order valence-electron chi connectivity index (χ1n) is 6.41. The van der Waals surface area contributed by atoms with Crippen LogP contribution in [0.1, 0.15) is 28.6 Å². The molecule has 0 saturated heterocycles. The minimum Gasteiger partial charge on any atom is -0.497 e. The molecule has 2 aromatic rings. The van der Waals surface area contributed by atoms with Crippen LogP contribution in [0.15, 0.2) is 30.3 Å². The summed E-state index contributed by atoms with van der Waals surface area (Å²) in [5, 5.41) is 10.6. The second kappa shape index (κ2) is 5.92. The van der Waals surface area contributed by atoms with Gasteiger partial charge < -0.3 is 14.6 Å². The van der Waals surface area contributed by atoms with Crippen molar-refractivity contribution >= 4 is 0 Å². The van der Waals surface area contributed by atoms with E-state index in [1.54, 1.807) is 26.4 Å². The molecule has 0 aliphatic carbocycles. The fourth-order valence-electron chi connectivity index (χ4n) is 2.20. The Labute approximate surface area is 119 Å². The molecule has 4 heteroatoms. The van der Waals surface area contributed by atoms with Gasteiger partial charge in [0, 0.05) is 28.6 Å². The monoisotopic (exact) mass is 273 g/mol. The van der Waals surface area contributed by atoms with E-state index in [2.05, 4.69) is 4.98 Å². The Hall–Kier alpha value is -2.07. The van der Waals surface area contributed by atoms with E-state index < -0.39 is 6.10 Å². The standard InChI is InChI=1S/C16H19NO3/c1-10-5-7-13(11(2)17-10)16(18)14-8-6-12(19-3)9-15(14)20-4/h5-9,16,18H,1-4H3. The molecule has 20 heavy (non-hydrogen) atoms. The first kappa shape index (κ1) is 14.3. The van der Waals surface area contributed by atoms with Gasteiger partial charge in [-0.05, 0) is 32.0 Å². The zero-order chi connectivity index (χ0) is 14.7. The third kappa shape index (κ3) is 2.75. The molecule has 1 aromatic heterocycles. The average Bonchev–Trinajstić information content (AvgIpc) is 2.46. The molecule has 0 aliphatic heterocycles. The minimum absolute atomic E-state index is 0.594. The minimum atomic E-state index is -0.774. The molecule has 1 N–H and O–H groups in total. The van der Waals surface area contributed by atoms with Gasteiger partial charge in [-0.2, -0.15) is 0 Å². The van der Waals surface area contributed by atoms with Crippen molar-refractivity contribution in [2.75, 3.05) is 14.2 Å². The average molecular weight is 273 g/mol. The second-order valence-corrected chi connectivity index (χ2v) is 4.64. The number of nitrogens with zero attached hydrogens (tertiary/aromatic N) is 1. The molecule has 4 nitrogen and oxygen atoms in total. The van der Waals surface area contributed by atoms with Crippen molar-refractivity contribution in [2.45, 2.75) is 20.0 Å². The van der Waals surface area contributed by atoms with Crippen molar-refractivity contribution in [2.24, 2.45) is 0 Å². The molecule has 0 spiro atoms. The number of benzene rings is 1. The number of hydrogen-bond donors (Lipinski definition) is 1. The van der Waals surface area contributed by atoms with Gasteiger partial charge in [0.15, 0.2) is 0 Å². The molecule has 2 rings (SSSR count). The van der Waals surface area contributed by atoms with E-state index in [4.69, 9.17) is 9.47 Å². The molecule has 1 aromatic carbocycles. The molecular weight excluding hydrogens is 254 g/mol. The SMILES string of the molecule is COc1ccc(C(O)c2ccc(C)nc2C)c(OC)c1. The van der Waals surface area contributed by atoms with Crippen molar-refractivity contribution in [3.8, 4) is 11.5 Å². The summed E-state index contributed by atoms with van der Waals surface area (Å²) in [7, 11) is 3.17. The molecule has 106 valence electrons. The van der Waals surface area contributed by atoms with Crippen molar-refractivity contribution in [3.05, 3.63) is 52.8 Å². The van der Waals surface area contributed by atoms with E-state index in [9.17, 15) is 5.11 Å². The lowest BCUT2D eigenvalue weighted by atomic mass is 9.99. The quantitative estimate of drug-likeness (QED) is 0.930. The third-order valence-electron chi connectivity index (χ3n) is 3.30. The Morgan fingerprint density at radius 2 is 1.70 bits per heavy atom. The van der Waals surface area contributed by atoms with Crippen LogP contribution in [0.2, 0.25) is 0 Å². The van der Waals surface area contributed by atoms with Gasteiger partial charge in [-0.25, -0.2) is 0 Å². The fourth-order valence-corrected chi connectivity index (χ4v) is 2.20. The maximum atomic E-state index is 10.6. The van der Waals surface area contributed by atoms with Crippen LogP contribution in [-0.2, 0) is 0 Å². The van der Waals surface area contributed by atoms with Crippen LogP contribution in [0.25, 0.3) is 0 Å². The topological polar surface area (TPSA) is 51.6 Å². The van der Waals surface area contributed by atoms with Crippen LogP contribution in [0.5, 0.6) is 11.5 Å². The summed E-state index contributed by atoms with van der Waals surface area (Å²) in [4.78, 5) is 4.38. The maximum Gasteiger partial charge on any atom is 0.128 e. The van der Waals surface area contributed by atoms with Crippen molar-refractivity contribution < 1.29 is 14.6 Å². The van der Waals surface area contributed by atoms with Crippen LogP contribution in [-0.4, -0.2) is 24.3 Å². The van der Waals surface area contributed by atoms with E-state index in [-0.39, 0.29) is 0 Å². The van der Waals surface area contributed by atoms with Gasteiger partial charge >= 0.3 is 0 Å². The highest BCUT2D eigenvalue weighted by atomic mass is 16.5. The normalized spacial score (nSPS) is 12.1. The number of hydrogen-bond acceptors (Lipinski definition) is 4. The third-order valence-corrected chi connectivity index (χ3v) is 3.30. The molecule has 1 unspecified atom stereocenters. The smallest absolute Gasteiger partial charge is 0.128 e. The number of pyridine rings is 1. The highest BCUT2D eigenvalue weighted by Gasteiger charge is 2.18. The van der Waals surface area contributed by atoms with Crippen molar-refractivity contribution in [3.63, 3.8) is 0 Å². The summed E-state index contributed by atoms with van der Waals surface area (Å²) < 4.78 is 10.5. The Morgan fingerprint density at radius 1 is 1.00 bits per heavy atom. The van der Waals surface area contributed by atoms with Crippen molar-refractivity contribution in [1.82, 2.24) is 4.98 Å². The van der Waals surface area contributed by atoms with Crippen LogP contribution >= 0.6 is 0 Å². The first-order valence-corrected chi connectivity index (χ1v) is 6.41. The van der Waals surface area contributed by atoms with Crippen LogP contribution in [0, 0.1) is 13.8 Å². The Balaban J connectivity index is 2.44. The zero-order valence-corrected chi connectivity index (χ0v) is 12.2. The largest absolute Gasteiger partial charge is 0.497 e. The predicted octanol–water partition coefficient (Wildman–Crippen LogP) is 2.80. The van der Waals surface area contributed by atoms with Gasteiger partial charge in [-0.1, -0.05) is 6.07 Å². The molecule has 0 bridgehead atoms. The van der Waals surface area contributed by atoms with E-state index in [0.717, 1.165) is 17.0 Å². The van der Waals surface area contributed by atoms with Gasteiger partial charge in [0.1, 0.15) is 17.6 Å². The summed E-state index contributed by atoms with van der Waals surface area (Å²) in [5.41, 5.74) is 3.22. The number of aryl methyl sites for hydroxylation is 2. The summed E-state index contributed by atoms with van der Waals surface area (Å²) in [6, 6.07) is 9.16. The summed E-state index contributed by atoms with van der Waals surface area (Å²) in [6.07, 6.45) is -0.774. The predicted molar refractivity (Wildman–Crippen MR) is 77.3 cm³/mol. The van der Waals surface area contributed by atoms with Crippen LogP contribution < -0.4 is 9.47 Å². The lowest BCUT2D eigenvalue weighted by Crippen LogP contribution is -2.06. The number of methoxy groups -OCH3 is 2. The highest BCUT2D eigenvalue weighted by Crippen LogP contribution is 2.33. The molecule has 0 aliphatic rings. The number of aliphatic hydroxyl groups excluding tert-OH is 1. The van der Waals surface area contributed by atoms with Crippen molar-refractivity contribution in [1.29, 1.82) is 0 Å². The zero-order valence-electron chi connectivity index (χ0n) is 12.2. The fraction of sp³-hybridized carbons (Fsp3) is 0.312. The van der Waals surface area contributed by atoms with Crippen LogP contribution in [0.4, 0.5) is 0 Å². The van der Waals surface area contributed by atoms with E-state index in [1.807, 2.05) is 32.0 Å². The maximum absolute atomic E-state index is 10.6. The van der Waals surface area contributed by atoms with E-state index >= 15 is 0 Å². The Kier molecular flexibility index (Phi) is 4.25. The summed E-state index contributed by atoms with van der Waals surface area (Å²) >= 11 is 0. The molecule has 1 heterocycles. The molecule has 1 atom stereocenters. The van der Waals surface area contributed by atoms with E-state index in [1.165, 1.54) is 0 Å². The molecule has 0 amide bonds. The first-order chi connectivity index (χ1) is 9.56. The molecular formula is C16H19NO3. The van der Waals surface area contributed by atoms with E-state index in [0.29, 0.717) is 17.1 Å². The number of ether oxygens (including phenoxy) is 2. The van der Waals surface area contributed by atoms with Gasteiger partial charge in [0.2, 0.25) is 0 Å². The lowest BCUT2D eigenvalue weighted by molar-refractivity contribution is 0.213. The molecule has 0 radical (unpaired) electrons.